The lowest BCUT2D eigenvalue weighted by molar-refractivity contribution is -0.166. The number of carbonyl (C=O) groups is 1. The van der Waals surface area contributed by atoms with E-state index >= 15 is 0 Å². The summed E-state index contributed by atoms with van der Waals surface area (Å²) in [6.07, 6.45) is 2.54. The van der Waals surface area contributed by atoms with Crippen LogP contribution < -0.4 is 0 Å². The van der Waals surface area contributed by atoms with Crippen molar-refractivity contribution in [3.05, 3.63) is 35.4 Å². The zero-order chi connectivity index (χ0) is 19.9. The van der Waals surface area contributed by atoms with E-state index in [1.54, 1.807) is 24.3 Å². The fraction of sp³-hybridized carbons (Fsp3) is 0.636. The van der Waals surface area contributed by atoms with E-state index in [-0.39, 0.29) is 24.3 Å². The van der Waals surface area contributed by atoms with Gasteiger partial charge in [0.25, 0.3) is 0 Å². The van der Waals surface area contributed by atoms with Gasteiger partial charge in [-0.3, -0.25) is 4.79 Å². The van der Waals surface area contributed by atoms with Gasteiger partial charge in [0.1, 0.15) is 6.54 Å². The number of benzene rings is 1. The first-order valence-electron chi connectivity index (χ1n) is 10.1. The van der Waals surface area contributed by atoms with Crippen molar-refractivity contribution in [3.63, 3.8) is 0 Å². The predicted octanol–water partition coefficient (Wildman–Crippen LogP) is 5.06. The van der Waals surface area contributed by atoms with E-state index in [1.807, 2.05) is 6.07 Å². The molecule has 5 rings (SSSR count). The molecule has 4 aliphatic rings. The Bertz CT molecular complexity index is 743. The Morgan fingerprint density at radius 3 is 2.07 bits per heavy atom. The summed E-state index contributed by atoms with van der Waals surface area (Å²) in [7, 11) is 0. The monoisotopic (exact) mass is 390 g/mol. The molecule has 0 saturated heterocycles. The van der Waals surface area contributed by atoms with Crippen LogP contribution in [-0.4, -0.2) is 23.5 Å². The number of carbonyl (C=O) groups excluding carboxylic acids is 1. The molecule has 0 atom stereocenters. The molecular formula is C22H25F3N2O. The van der Waals surface area contributed by atoms with Crippen molar-refractivity contribution in [2.75, 3.05) is 6.54 Å². The molecular weight excluding hydrogens is 365 g/mol. The normalized spacial score (nSPS) is 30.9. The molecule has 0 aromatic heterocycles. The van der Waals surface area contributed by atoms with E-state index in [4.69, 9.17) is 5.26 Å². The van der Waals surface area contributed by atoms with Gasteiger partial charge in [-0.1, -0.05) is 12.1 Å². The van der Waals surface area contributed by atoms with E-state index in [0.29, 0.717) is 28.9 Å². The van der Waals surface area contributed by atoms with Gasteiger partial charge in [0.15, 0.2) is 0 Å². The van der Waals surface area contributed by atoms with Crippen LogP contribution in [0, 0.1) is 34.5 Å². The molecule has 28 heavy (non-hydrogen) atoms. The minimum absolute atomic E-state index is 0.0730. The molecule has 0 aliphatic heterocycles. The van der Waals surface area contributed by atoms with Crippen molar-refractivity contribution in [3.8, 4) is 6.07 Å². The van der Waals surface area contributed by atoms with Gasteiger partial charge in [-0.25, -0.2) is 0 Å². The van der Waals surface area contributed by atoms with E-state index in [1.165, 1.54) is 19.3 Å². The Hall–Kier alpha value is -2.03. The Kier molecular flexibility index (Phi) is 4.89. The fourth-order valence-electron chi connectivity index (χ4n) is 6.29. The first-order valence-corrected chi connectivity index (χ1v) is 10.1. The van der Waals surface area contributed by atoms with Crippen molar-refractivity contribution in [2.45, 2.75) is 57.7 Å². The zero-order valence-corrected chi connectivity index (χ0v) is 15.8. The van der Waals surface area contributed by atoms with Crippen LogP contribution in [0.3, 0.4) is 0 Å². The number of nitrogens with zero attached hydrogens (tertiary/aromatic N) is 2. The summed E-state index contributed by atoms with van der Waals surface area (Å²) in [5.41, 5.74) is 0.980. The van der Waals surface area contributed by atoms with Crippen molar-refractivity contribution >= 4 is 5.91 Å². The number of amides is 1. The molecule has 1 aromatic rings. The Balaban J connectivity index is 1.49. The summed E-state index contributed by atoms with van der Waals surface area (Å²) in [6, 6.07) is 8.39. The van der Waals surface area contributed by atoms with Gasteiger partial charge in [-0.2, -0.15) is 18.4 Å². The maximum atomic E-state index is 13.1. The van der Waals surface area contributed by atoms with Gasteiger partial charge in [0.05, 0.1) is 11.6 Å². The van der Waals surface area contributed by atoms with Crippen LogP contribution in [-0.2, 0) is 11.3 Å². The van der Waals surface area contributed by atoms with E-state index in [9.17, 15) is 18.0 Å². The number of halogens is 3. The Morgan fingerprint density at radius 1 is 1.07 bits per heavy atom. The lowest BCUT2D eigenvalue weighted by Gasteiger charge is -2.57. The molecule has 4 saturated carbocycles. The third-order valence-corrected chi connectivity index (χ3v) is 6.87. The largest absolute Gasteiger partial charge is 0.406 e. The molecule has 4 bridgehead atoms. The van der Waals surface area contributed by atoms with Gasteiger partial charge in [0, 0.05) is 13.0 Å². The molecule has 1 aromatic carbocycles. The number of alkyl halides is 3. The second-order valence-corrected chi connectivity index (χ2v) is 9.27. The lowest BCUT2D eigenvalue weighted by atomic mass is 9.49. The molecule has 0 unspecified atom stereocenters. The van der Waals surface area contributed by atoms with Gasteiger partial charge < -0.3 is 4.90 Å². The molecule has 0 N–H and O–H groups in total. The molecule has 6 heteroatoms. The van der Waals surface area contributed by atoms with Gasteiger partial charge in [0.2, 0.25) is 5.91 Å². The van der Waals surface area contributed by atoms with E-state index in [0.717, 1.165) is 24.2 Å². The standard InChI is InChI=1S/C22H25F3N2O/c23-22(24,25)14-27(13-16-3-1-15(12-26)2-4-16)20(28)11-21-8-17-5-18(9-21)7-19(6-17)10-21/h1-4,17-19H,5-11,13-14H2. The highest BCUT2D eigenvalue weighted by Crippen LogP contribution is 2.61. The van der Waals surface area contributed by atoms with E-state index < -0.39 is 12.7 Å². The summed E-state index contributed by atoms with van der Waals surface area (Å²) in [5.74, 6) is 1.60. The third kappa shape index (κ3) is 4.19. The van der Waals surface area contributed by atoms with Gasteiger partial charge in [-0.05, 0) is 79.4 Å². The summed E-state index contributed by atoms with van der Waals surface area (Å²) in [4.78, 5) is 14.0. The van der Waals surface area contributed by atoms with Crippen LogP contribution in [0.25, 0.3) is 0 Å². The van der Waals surface area contributed by atoms with Gasteiger partial charge in [-0.15, -0.1) is 0 Å². The molecule has 4 aliphatic carbocycles. The molecule has 150 valence electrons. The number of nitriles is 1. The summed E-state index contributed by atoms with van der Waals surface area (Å²) >= 11 is 0. The average molecular weight is 390 g/mol. The Labute approximate surface area is 163 Å². The van der Waals surface area contributed by atoms with Crippen molar-refractivity contribution in [1.29, 1.82) is 5.26 Å². The summed E-state index contributed by atoms with van der Waals surface area (Å²) < 4.78 is 39.4. The minimum atomic E-state index is -4.43. The SMILES string of the molecule is N#Cc1ccc(CN(CC(F)(F)F)C(=O)CC23CC4CC(CC(C4)C2)C3)cc1. The molecule has 4 fully saturated rings. The summed E-state index contributed by atoms with van der Waals surface area (Å²) in [6.45, 7) is -1.30. The van der Waals surface area contributed by atoms with Crippen LogP contribution >= 0.6 is 0 Å². The number of rotatable bonds is 5. The number of hydrogen-bond donors (Lipinski definition) is 0. The second kappa shape index (κ2) is 7.09. The highest BCUT2D eigenvalue weighted by atomic mass is 19.4. The average Bonchev–Trinajstić information content (AvgIpc) is 2.59. The predicted molar refractivity (Wildman–Crippen MR) is 97.9 cm³/mol. The van der Waals surface area contributed by atoms with Crippen LogP contribution in [0.5, 0.6) is 0 Å². The molecule has 0 spiro atoms. The summed E-state index contributed by atoms with van der Waals surface area (Å²) in [5, 5.41) is 8.88. The molecule has 1 amide bonds. The Morgan fingerprint density at radius 2 is 1.61 bits per heavy atom. The van der Waals surface area contributed by atoms with Gasteiger partial charge >= 0.3 is 6.18 Å². The number of hydrogen-bond acceptors (Lipinski definition) is 2. The van der Waals surface area contributed by atoms with Crippen molar-refractivity contribution in [1.82, 2.24) is 4.90 Å². The highest BCUT2D eigenvalue weighted by molar-refractivity contribution is 5.77. The first kappa shape index (κ1) is 19.3. The molecule has 3 nitrogen and oxygen atoms in total. The van der Waals surface area contributed by atoms with Crippen LogP contribution in [0.15, 0.2) is 24.3 Å². The zero-order valence-electron chi connectivity index (χ0n) is 15.8. The second-order valence-electron chi connectivity index (χ2n) is 9.27. The smallest absolute Gasteiger partial charge is 0.329 e. The van der Waals surface area contributed by atoms with E-state index in [2.05, 4.69) is 0 Å². The lowest BCUT2D eigenvalue weighted by Crippen LogP contribution is -2.49. The maximum absolute atomic E-state index is 13.1. The third-order valence-electron chi connectivity index (χ3n) is 6.87. The maximum Gasteiger partial charge on any atom is 0.406 e. The highest BCUT2D eigenvalue weighted by Gasteiger charge is 2.52. The first-order chi connectivity index (χ1) is 13.2. The topological polar surface area (TPSA) is 44.1 Å². The van der Waals surface area contributed by atoms with Crippen LogP contribution in [0.1, 0.15) is 56.1 Å². The van der Waals surface area contributed by atoms with Crippen molar-refractivity contribution in [2.24, 2.45) is 23.2 Å². The minimum Gasteiger partial charge on any atom is -0.329 e. The van der Waals surface area contributed by atoms with Crippen LogP contribution in [0.4, 0.5) is 13.2 Å². The van der Waals surface area contributed by atoms with Crippen molar-refractivity contribution < 1.29 is 18.0 Å². The molecule has 0 heterocycles. The fourth-order valence-corrected chi connectivity index (χ4v) is 6.29. The van der Waals surface area contributed by atoms with Crippen LogP contribution in [0.2, 0.25) is 0 Å². The quantitative estimate of drug-likeness (QED) is 0.706. The molecule has 0 radical (unpaired) electrons.